The van der Waals surface area contributed by atoms with Gasteiger partial charge in [-0.05, 0) is 81.1 Å². The number of hydrogen-bond donors (Lipinski definition) is 2. The largest absolute Gasteiger partial charge is 0.360 e. The fraction of sp³-hybridized carbons (Fsp3) is 0.278. The highest BCUT2D eigenvalue weighted by Crippen LogP contribution is 2.42. The van der Waals surface area contributed by atoms with Crippen LogP contribution in [0.4, 0.5) is 11.6 Å². The van der Waals surface area contributed by atoms with Crippen LogP contribution in [0.1, 0.15) is 58.0 Å². The molecule has 1 fully saturated rings. The summed E-state index contributed by atoms with van der Waals surface area (Å²) in [6, 6.07) is 26.2. The maximum Gasteiger partial charge on any atom is 0.261 e. The Morgan fingerprint density at radius 1 is 0.955 bits per heavy atom. The van der Waals surface area contributed by atoms with Crippen LogP contribution in [-0.2, 0) is 6.42 Å². The van der Waals surface area contributed by atoms with E-state index in [0.29, 0.717) is 28.7 Å². The van der Waals surface area contributed by atoms with Crippen molar-refractivity contribution in [3.8, 4) is 22.5 Å². The smallest absolute Gasteiger partial charge is 0.261 e. The molecule has 2 aliphatic rings. The van der Waals surface area contributed by atoms with Gasteiger partial charge in [-0.3, -0.25) is 4.79 Å². The van der Waals surface area contributed by atoms with Gasteiger partial charge >= 0.3 is 0 Å². The van der Waals surface area contributed by atoms with Crippen molar-refractivity contribution in [3.05, 3.63) is 113 Å². The third kappa shape index (κ3) is 5.73. The number of anilines is 2. The van der Waals surface area contributed by atoms with Gasteiger partial charge in [-0.15, -0.1) is 0 Å². The number of fused-ring (bicyclic) bond motifs is 3. The lowest BCUT2D eigenvalue weighted by atomic mass is 9.78. The first-order chi connectivity index (χ1) is 21.6. The zero-order chi connectivity index (χ0) is 29.9. The molecule has 0 radical (unpaired) electrons. The second-order valence-electron chi connectivity index (χ2n) is 11.6. The van der Waals surface area contributed by atoms with Crippen LogP contribution in [-0.4, -0.2) is 52.1 Å². The summed E-state index contributed by atoms with van der Waals surface area (Å²) in [6.07, 6.45) is 6.52. The van der Waals surface area contributed by atoms with Crippen LogP contribution in [0.15, 0.2) is 89.6 Å². The fourth-order valence-electron chi connectivity index (χ4n) is 6.45. The highest BCUT2D eigenvalue weighted by molar-refractivity contribution is 6.08. The van der Waals surface area contributed by atoms with Gasteiger partial charge in [0.15, 0.2) is 0 Å². The lowest BCUT2D eigenvalue weighted by molar-refractivity contribution is 0.102. The van der Waals surface area contributed by atoms with E-state index < -0.39 is 0 Å². The summed E-state index contributed by atoms with van der Waals surface area (Å²) in [7, 11) is 0. The first kappa shape index (κ1) is 28.0. The van der Waals surface area contributed by atoms with Gasteiger partial charge in [-0.1, -0.05) is 71.9 Å². The summed E-state index contributed by atoms with van der Waals surface area (Å²) in [5.74, 6) is 1.09. The molecule has 0 bridgehead atoms. The average Bonchev–Trinajstić information content (AvgIpc) is 3.73. The number of likely N-dealkylation sites (tertiary alicyclic amines) is 1. The molecule has 0 saturated carbocycles. The molecular weight excluding hydrogens is 548 g/mol. The van der Waals surface area contributed by atoms with Crippen LogP contribution < -0.4 is 10.6 Å². The topological polar surface area (TPSA) is 96.2 Å². The second kappa shape index (κ2) is 12.4. The minimum absolute atomic E-state index is 0.163. The molecule has 8 nitrogen and oxygen atoms in total. The molecule has 222 valence electrons. The number of nitrogens with zero attached hydrogens (tertiary/aromatic N) is 4. The SMILES string of the molecule is Cc1onc(-c2ccccc2)c1C(=O)Nc1ccc(C2Cc3cnc(NCCCN4CCCC4)nc3-c3ccccc32)cc1. The summed E-state index contributed by atoms with van der Waals surface area (Å²) >= 11 is 0. The van der Waals surface area contributed by atoms with Crippen LogP contribution >= 0.6 is 0 Å². The Kier molecular flexibility index (Phi) is 7.90. The molecule has 0 spiro atoms. The van der Waals surface area contributed by atoms with Crippen LogP contribution in [0.3, 0.4) is 0 Å². The molecule has 1 saturated heterocycles. The molecule has 1 aliphatic carbocycles. The molecule has 1 aliphatic heterocycles. The first-order valence-electron chi connectivity index (χ1n) is 15.5. The summed E-state index contributed by atoms with van der Waals surface area (Å²) < 4.78 is 5.39. The van der Waals surface area contributed by atoms with Gasteiger partial charge in [0, 0.05) is 35.5 Å². The molecule has 3 heterocycles. The molecule has 44 heavy (non-hydrogen) atoms. The van der Waals surface area contributed by atoms with Crippen LogP contribution in [0.5, 0.6) is 0 Å². The van der Waals surface area contributed by atoms with Gasteiger partial charge < -0.3 is 20.1 Å². The van der Waals surface area contributed by atoms with Gasteiger partial charge in [0.25, 0.3) is 5.91 Å². The Bertz CT molecular complexity index is 1760. The van der Waals surface area contributed by atoms with Crippen molar-refractivity contribution < 1.29 is 9.32 Å². The van der Waals surface area contributed by atoms with Crippen molar-refractivity contribution in [2.75, 3.05) is 36.8 Å². The number of rotatable bonds is 9. The van der Waals surface area contributed by atoms with Crippen molar-refractivity contribution in [1.29, 1.82) is 0 Å². The Balaban J connectivity index is 1.06. The minimum atomic E-state index is -0.245. The number of carbonyl (C=O) groups is 1. The van der Waals surface area contributed by atoms with E-state index in [1.54, 1.807) is 6.92 Å². The Hall–Kier alpha value is -4.82. The highest BCUT2D eigenvalue weighted by atomic mass is 16.5. The molecule has 2 aromatic heterocycles. The van der Waals surface area contributed by atoms with E-state index in [0.717, 1.165) is 48.3 Å². The van der Waals surface area contributed by atoms with Crippen LogP contribution in [0.25, 0.3) is 22.5 Å². The Morgan fingerprint density at radius 2 is 1.73 bits per heavy atom. The van der Waals surface area contributed by atoms with Gasteiger partial charge in [0.1, 0.15) is 17.0 Å². The van der Waals surface area contributed by atoms with Crippen LogP contribution in [0, 0.1) is 6.92 Å². The number of carbonyl (C=O) groups excluding carboxylic acids is 1. The number of aryl methyl sites for hydroxylation is 1. The van der Waals surface area contributed by atoms with Crippen molar-refractivity contribution in [2.24, 2.45) is 0 Å². The first-order valence-corrected chi connectivity index (χ1v) is 15.5. The molecule has 8 heteroatoms. The Labute approximate surface area is 257 Å². The van der Waals surface area contributed by atoms with Crippen molar-refractivity contribution in [1.82, 2.24) is 20.0 Å². The normalized spacial score (nSPS) is 15.9. The fourth-order valence-corrected chi connectivity index (χ4v) is 6.45. The zero-order valence-corrected chi connectivity index (χ0v) is 24.9. The number of hydrogen-bond acceptors (Lipinski definition) is 7. The van der Waals surface area contributed by atoms with Gasteiger partial charge in [-0.2, -0.15) is 0 Å². The molecule has 3 aromatic carbocycles. The van der Waals surface area contributed by atoms with Gasteiger partial charge in [0.05, 0.1) is 5.69 Å². The average molecular weight is 585 g/mol. The highest BCUT2D eigenvalue weighted by Gasteiger charge is 2.28. The predicted molar refractivity (Wildman–Crippen MR) is 173 cm³/mol. The predicted octanol–water partition coefficient (Wildman–Crippen LogP) is 6.95. The van der Waals surface area contributed by atoms with E-state index >= 15 is 0 Å². The summed E-state index contributed by atoms with van der Waals surface area (Å²) in [6.45, 7) is 6.20. The lowest BCUT2D eigenvalue weighted by Crippen LogP contribution is -2.22. The van der Waals surface area contributed by atoms with E-state index in [4.69, 9.17) is 9.51 Å². The number of amides is 1. The molecule has 1 unspecified atom stereocenters. The molecule has 1 atom stereocenters. The zero-order valence-electron chi connectivity index (χ0n) is 24.9. The molecular formula is C36H36N6O2. The van der Waals surface area contributed by atoms with E-state index in [1.807, 2.05) is 48.7 Å². The van der Waals surface area contributed by atoms with Crippen molar-refractivity contribution in [3.63, 3.8) is 0 Å². The minimum Gasteiger partial charge on any atom is -0.360 e. The van der Waals surface area contributed by atoms with Crippen molar-refractivity contribution >= 4 is 17.5 Å². The molecule has 5 aromatic rings. The van der Waals surface area contributed by atoms with E-state index in [1.165, 1.54) is 37.1 Å². The molecule has 7 rings (SSSR count). The maximum absolute atomic E-state index is 13.3. The van der Waals surface area contributed by atoms with Crippen LogP contribution in [0.2, 0.25) is 0 Å². The maximum atomic E-state index is 13.3. The summed E-state index contributed by atoms with van der Waals surface area (Å²) in [5, 5.41) is 10.6. The number of benzene rings is 3. The summed E-state index contributed by atoms with van der Waals surface area (Å²) in [4.78, 5) is 25.5. The van der Waals surface area contributed by atoms with Crippen molar-refractivity contribution in [2.45, 2.75) is 38.5 Å². The van der Waals surface area contributed by atoms with Gasteiger partial charge in [-0.25, -0.2) is 9.97 Å². The Morgan fingerprint density at radius 3 is 2.55 bits per heavy atom. The second-order valence-corrected chi connectivity index (χ2v) is 11.6. The van der Waals surface area contributed by atoms with E-state index in [9.17, 15) is 4.79 Å². The standard InChI is InChI=1S/C36H36N6O2/c1-24-32(34(41-44-24)26-10-3-2-4-11-26)35(43)39-28-16-14-25(15-17-28)31-22-27-23-38-36(37-18-9-21-42-19-7-8-20-42)40-33(27)30-13-6-5-12-29(30)31/h2-6,10-17,23,31H,7-9,18-22H2,1H3,(H,39,43)(H,37,38,40). The number of nitrogens with one attached hydrogen (secondary N) is 2. The summed E-state index contributed by atoms with van der Waals surface area (Å²) in [5.41, 5.74) is 8.27. The van der Waals surface area contributed by atoms with E-state index in [-0.39, 0.29) is 11.8 Å². The monoisotopic (exact) mass is 584 g/mol. The quantitative estimate of drug-likeness (QED) is 0.181. The van der Waals surface area contributed by atoms with E-state index in [2.05, 4.69) is 62.1 Å². The van der Waals surface area contributed by atoms with Gasteiger partial charge in [0.2, 0.25) is 5.95 Å². The number of aromatic nitrogens is 3. The molecule has 2 N–H and O–H groups in total. The third-order valence-corrected chi connectivity index (χ3v) is 8.72. The molecule has 1 amide bonds. The lowest BCUT2D eigenvalue weighted by Gasteiger charge is -2.27. The third-order valence-electron chi connectivity index (χ3n) is 8.72.